The van der Waals surface area contributed by atoms with Gasteiger partial charge in [-0.15, -0.1) is 6.42 Å². The van der Waals surface area contributed by atoms with Crippen LogP contribution in [0.2, 0.25) is 5.02 Å². The number of fused-ring (bicyclic) bond motifs is 1. The third-order valence-electron chi connectivity index (χ3n) is 7.91. The van der Waals surface area contributed by atoms with Crippen molar-refractivity contribution in [2.24, 2.45) is 0 Å². The maximum atomic E-state index is 14.9. The topological polar surface area (TPSA) is 102 Å². The zero-order valence-corrected chi connectivity index (χ0v) is 25.1. The molecule has 224 valence electrons. The van der Waals surface area contributed by atoms with Crippen LogP contribution in [-0.2, 0) is 10.2 Å². The lowest BCUT2D eigenvalue weighted by molar-refractivity contribution is -0.119. The van der Waals surface area contributed by atoms with E-state index in [0.29, 0.717) is 18.8 Å². The summed E-state index contributed by atoms with van der Waals surface area (Å²) in [6.45, 7) is 7.37. The number of carbonyl (C=O) groups excluding carboxylic acids is 2. The van der Waals surface area contributed by atoms with Crippen molar-refractivity contribution in [1.82, 2.24) is 20.2 Å². The molecule has 1 fully saturated rings. The third-order valence-corrected chi connectivity index (χ3v) is 8.19. The van der Waals surface area contributed by atoms with Crippen LogP contribution in [0.25, 0.3) is 0 Å². The molecule has 9 nitrogen and oxygen atoms in total. The van der Waals surface area contributed by atoms with Gasteiger partial charge in [-0.1, -0.05) is 43.5 Å². The number of amides is 2. The average Bonchev–Trinajstić information content (AvgIpc) is 3.45. The van der Waals surface area contributed by atoms with Gasteiger partial charge in [0.2, 0.25) is 11.9 Å². The lowest BCUT2D eigenvalue weighted by atomic mass is 9.80. The van der Waals surface area contributed by atoms with Crippen LogP contribution in [-0.4, -0.2) is 59.4 Å². The number of terminal acetylenes is 1. The molecule has 2 aliphatic rings. The molecule has 1 saturated heterocycles. The predicted molar refractivity (Wildman–Crippen MR) is 168 cm³/mol. The minimum atomic E-state index is -0.662. The molecule has 3 aromatic rings. The molecule has 1 aromatic heterocycles. The molecule has 2 amide bonds. The lowest BCUT2D eigenvalue weighted by Gasteiger charge is -2.29. The highest BCUT2D eigenvalue weighted by Gasteiger charge is 2.32. The Labute approximate surface area is 256 Å². The Morgan fingerprint density at radius 3 is 2.67 bits per heavy atom. The van der Waals surface area contributed by atoms with E-state index in [0.717, 1.165) is 50.0 Å². The summed E-state index contributed by atoms with van der Waals surface area (Å²) in [7, 11) is 0. The number of hydrogen-bond donors (Lipinski definition) is 3. The third kappa shape index (κ3) is 6.90. The van der Waals surface area contributed by atoms with Gasteiger partial charge in [-0.3, -0.25) is 14.5 Å². The van der Waals surface area contributed by atoms with E-state index in [4.69, 9.17) is 18.0 Å². The number of likely N-dealkylation sites (tertiary alicyclic amines) is 1. The van der Waals surface area contributed by atoms with Crippen molar-refractivity contribution in [2.75, 3.05) is 48.3 Å². The van der Waals surface area contributed by atoms with Crippen LogP contribution < -0.4 is 20.9 Å². The molecule has 0 saturated carbocycles. The van der Waals surface area contributed by atoms with Gasteiger partial charge in [-0.2, -0.15) is 4.98 Å². The highest BCUT2D eigenvalue weighted by Crippen LogP contribution is 2.41. The molecule has 2 aliphatic heterocycles. The number of nitrogens with one attached hydrogen (secondary N) is 3. The normalized spacial score (nSPS) is 16.1. The van der Waals surface area contributed by atoms with Crippen molar-refractivity contribution >= 4 is 52.2 Å². The molecule has 3 N–H and O–H groups in total. The lowest BCUT2D eigenvalue weighted by Crippen LogP contribution is -2.40. The molecule has 0 bridgehead atoms. The van der Waals surface area contributed by atoms with Crippen molar-refractivity contribution in [3.63, 3.8) is 0 Å². The SMILES string of the molecule is C#CCNC(=O)c1cccc(F)c1Nc1nc(Nc2ccc3c(c2)N(C(=O)CN2CCCC2)CCCC3(C)C)ncc1Cl. The Hall–Kier alpha value is -4.20. The number of anilines is 5. The molecular formula is C32H35ClFN7O2. The number of benzene rings is 2. The number of hydrogen-bond acceptors (Lipinski definition) is 7. The minimum absolute atomic E-state index is 0.00361. The summed E-state index contributed by atoms with van der Waals surface area (Å²) in [6.07, 6.45) is 10.8. The van der Waals surface area contributed by atoms with Crippen molar-refractivity contribution < 1.29 is 14.0 Å². The van der Waals surface area contributed by atoms with Gasteiger partial charge >= 0.3 is 0 Å². The highest BCUT2D eigenvalue weighted by molar-refractivity contribution is 6.33. The van der Waals surface area contributed by atoms with Gasteiger partial charge < -0.3 is 20.9 Å². The second-order valence-corrected chi connectivity index (χ2v) is 11.8. The van der Waals surface area contributed by atoms with Crippen molar-refractivity contribution in [2.45, 2.75) is 44.9 Å². The van der Waals surface area contributed by atoms with E-state index < -0.39 is 11.7 Å². The van der Waals surface area contributed by atoms with Crippen molar-refractivity contribution in [1.29, 1.82) is 0 Å². The molecular weight excluding hydrogens is 569 g/mol. The molecule has 3 heterocycles. The van der Waals surface area contributed by atoms with Gasteiger partial charge in [0.05, 0.1) is 30.5 Å². The van der Waals surface area contributed by atoms with Crippen LogP contribution in [0.3, 0.4) is 0 Å². The fourth-order valence-electron chi connectivity index (χ4n) is 5.65. The summed E-state index contributed by atoms with van der Waals surface area (Å²) in [6, 6.07) is 10.1. The van der Waals surface area contributed by atoms with Gasteiger partial charge in [-0.05, 0) is 74.0 Å². The fraction of sp³-hybridized carbons (Fsp3) is 0.375. The van der Waals surface area contributed by atoms with Gasteiger partial charge in [0.15, 0.2) is 5.82 Å². The first-order chi connectivity index (χ1) is 20.7. The molecule has 0 radical (unpaired) electrons. The Bertz CT molecular complexity index is 1570. The summed E-state index contributed by atoms with van der Waals surface area (Å²) in [4.78, 5) is 39.0. The standard InChI is InChI=1S/C32H35ClFN7O2/c1-4-14-35-30(43)22-9-7-10-25(34)28(22)38-29-24(33)19-36-31(39-29)37-21-11-12-23-26(18-21)41(17-8-13-32(23,2)3)27(42)20-40-15-5-6-16-40/h1,7,9-12,18-19H,5-6,8,13-17,20H2,2-3H3,(H,35,43)(H2,36,37,38,39). The van der Waals surface area contributed by atoms with E-state index in [9.17, 15) is 14.0 Å². The van der Waals surface area contributed by atoms with E-state index in [1.54, 1.807) is 0 Å². The first kappa shape index (κ1) is 30.3. The van der Waals surface area contributed by atoms with E-state index >= 15 is 0 Å². The zero-order chi connectivity index (χ0) is 30.6. The number of nitrogens with zero attached hydrogens (tertiary/aromatic N) is 4. The average molecular weight is 604 g/mol. The number of halogens is 2. The molecule has 43 heavy (non-hydrogen) atoms. The molecule has 0 spiro atoms. The van der Waals surface area contributed by atoms with E-state index in [1.807, 2.05) is 17.0 Å². The summed E-state index contributed by atoms with van der Waals surface area (Å²) in [5, 5.41) is 8.72. The Kier molecular flexibility index (Phi) is 9.14. The Morgan fingerprint density at radius 1 is 1.12 bits per heavy atom. The van der Waals surface area contributed by atoms with Crippen LogP contribution in [0.1, 0.15) is 55.5 Å². The quantitative estimate of drug-likeness (QED) is 0.287. The molecule has 0 aliphatic carbocycles. The molecule has 0 atom stereocenters. The van der Waals surface area contributed by atoms with Gasteiger partial charge in [0.25, 0.3) is 5.91 Å². The number of para-hydroxylation sites is 1. The molecule has 2 aromatic carbocycles. The van der Waals surface area contributed by atoms with Crippen molar-refractivity contribution in [3.8, 4) is 12.3 Å². The minimum Gasteiger partial charge on any atom is -0.341 e. The molecule has 11 heteroatoms. The summed E-state index contributed by atoms with van der Waals surface area (Å²) in [5.41, 5.74) is 2.52. The second-order valence-electron chi connectivity index (χ2n) is 11.4. The van der Waals surface area contributed by atoms with Crippen LogP contribution in [0.15, 0.2) is 42.6 Å². The van der Waals surface area contributed by atoms with Crippen molar-refractivity contribution in [3.05, 3.63) is 64.6 Å². The van der Waals surface area contributed by atoms with Gasteiger partial charge in [0.1, 0.15) is 10.8 Å². The molecule has 0 unspecified atom stereocenters. The van der Waals surface area contributed by atoms with Crippen LogP contribution >= 0.6 is 11.6 Å². The number of aromatic nitrogens is 2. The van der Waals surface area contributed by atoms with Crippen LogP contribution in [0.4, 0.5) is 33.2 Å². The van der Waals surface area contributed by atoms with E-state index in [1.165, 1.54) is 24.4 Å². The van der Waals surface area contributed by atoms with Crippen LogP contribution in [0.5, 0.6) is 0 Å². The summed E-state index contributed by atoms with van der Waals surface area (Å²) < 4.78 is 14.9. The monoisotopic (exact) mass is 603 g/mol. The fourth-order valence-corrected chi connectivity index (χ4v) is 5.78. The maximum absolute atomic E-state index is 14.9. The highest BCUT2D eigenvalue weighted by atomic mass is 35.5. The Morgan fingerprint density at radius 2 is 1.91 bits per heavy atom. The zero-order valence-electron chi connectivity index (χ0n) is 24.3. The molecule has 5 rings (SSSR count). The van der Waals surface area contributed by atoms with Gasteiger partial charge in [-0.25, -0.2) is 9.37 Å². The smallest absolute Gasteiger partial charge is 0.254 e. The number of rotatable bonds is 8. The second kappa shape index (κ2) is 13.0. The van der Waals surface area contributed by atoms with Crippen LogP contribution in [0, 0.1) is 18.2 Å². The largest absolute Gasteiger partial charge is 0.341 e. The summed E-state index contributed by atoms with van der Waals surface area (Å²) in [5.74, 6) is 1.52. The van der Waals surface area contributed by atoms with E-state index in [-0.39, 0.29) is 45.9 Å². The summed E-state index contributed by atoms with van der Waals surface area (Å²) >= 11 is 6.37. The number of carbonyl (C=O) groups is 2. The predicted octanol–water partition coefficient (Wildman–Crippen LogP) is 5.62. The van der Waals surface area contributed by atoms with E-state index in [2.05, 4.69) is 56.7 Å². The first-order valence-electron chi connectivity index (χ1n) is 14.4. The Balaban J connectivity index is 1.42. The van der Waals surface area contributed by atoms with Gasteiger partial charge in [0, 0.05) is 17.9 Å². The first-order valence-corrected chi connectivity index (χ1v) is 14.8. The maximum Gasteiger partial charge on any atom is 0.254 e.